The molecule has 19 heavy (non-hydrogen) atoms. The number of hydrogen-bond acceptors (Lipinski definition) is 4. The highest BCUT2D eigenvalue weighted by atomic mass is 35.5. The summed E-state index contributed by atoms with van der Waals surface area (Å²) in [7, 11) is 4.03. The van der Waals surface area contributed by atoms with Crippen molar-refractivity contribution in [2.24, 2.45) is 0 Å². The minimum absolute atomic E-state index is 0. The van der Waals surface area contributed by atoms with Crippen LogP contribution in [0.3, 0.4) is 0 Å². The van der Waals surface area contributed by atoms with Gasteiger partial charge in [0.15, 0.2) is 5.82 Å². The summed E-state index contributed by atoms with van der Waals surface area (Å²) < 4.78 is 0. The number of nitrogens with one attached hydrogen (secondary N) is 1. The monoisotopic (exact) mass is 300 g/mol. The molecule has 0 aliphatic heterocycles. The van der Waals surface area contributed by atoms with E-state index < -0.39 is 0 Å². The predicted molar refractivity (Wildman–Crippen MR) is 87.2 cm³/mol. The molecule has 104 valence electrons. The third-order valence-electron chi connectivity index (χ3n) is 2.49. The summed E-state index contributed by atoms with van der Waals surface area (Å²) in [5, 5.41) is 3.18. The first-order valence-corrected chi connectivity index (χ1v) is 5.42. The molecule has 2 aromatic rings. The molecule has 0 saturated carbocycles. The second-order valence-electron chi connectivity index (χ2n) is 4.01. The van der Waals surface area contributed by atoms with E-state index in [2.05, 4.69) is 15.2 Å². The van der Waals surface area contributed by atoms with Crippen LogP contribution in [0.1, 0.15) is 0 Å². The fourth-order valence-corrected chi connectivity index (χ4v) is 1.50. The number of benzene rings is 1. The summed E-state index contributed by atoms with van der Waals surface area (Å²) in [5.41, 5.74) is 8.59. The number of nitrogens with two attached hydrogens (primary N) is 1. The summed E-state index contributed by atoms with van der Waals surface area (Å²) in [4.78, 5) is 6.24. The van der Waals surface area contributed by atoms with E-state index in [-0.39, 0.29) is 24.8 Å². The Balaban J connectivity index is 0.00000162. The largest absolute Gasteiger partial charge is 0.396 e. The van der Waals surface area contributed by atoms with Crippen LogP contribution in [0.4, 0.5) is 22.9 Å². The van der Waals surface area contributed by atoms with E-state index in [0.29, 0.717) is 11.5 Å². The lowest BCUT2D eigenvalue weighted by Crippen LogP contribution is -2.08. The van der Waals surface area contributed by atoms with Crippen molar-refractivity contribution in [2.75, 3.05) is 30.0 Å². The molecular weight excluding hydrogens is 283 g/mol. The molecule has 1 aromatic heterocycles. The highest BCUT2D eigenvalue weighted by molar-refractivity contribution is 5.85. The summed E-state index contributed by atoms with van der Waals surface area (Å²) in [6.45, 7) is 0. The lowest BCUT2D eigenvalue weighted by molar-refractivity contribution is 1.13. The topological polar surface area (TPSA) is 54.2 Å². The van der Waals surface area contributed by atoms with Gasteiger partial charge in [-0.25, -0.2) is 4.98 Å². The quantitative estimate of drug-likeness (QED) is 0.913. The van der Waals surface area contributed by atoms with E-state index in [4.69, 9.17) is 5.73 Å². The normalized spacial score (nSPS) is 8.95. The van der Waals surface area contributed by atoms with Crippen LogP contribution in [0.2, 0.25) is 0 Å². The number of anilines is 4. The van der Waals surface area contributed by atoms with Crippen molar-refractivity contribution >= 4 is 47.7 Å². The highest BCUT2D eigenvalue weighted by Gasteiger charge is 2.00. The molecule has 0 saturated heterocycles. The maximum atomic E-state index is 5.81. The number of nitrogen functional groups attached to an aromatic ring is 1. The van der Waals surface area contributed by atoms with E-state index in [9.17, 15) is 0 Å². The van der Waals surface area contributed by atoms with Crippen LogP contribution in [-0.4, -0.2) is 19.1 Å². The first-order chi connectivity index (χ1) is 8.16. The zero-order valence-electron chi connectivity index (χ0n) is 10.8. The molecule has 0 atom stereocenters. The first kappa shape index (κ1) is 17.4. The Morgan fingerprint density at radius 2 is 1.68 bits per heavy atom. The SMILES string of the molecule is CN(C)c1ccc(Nc2ncccc2N)cc1.Cl.Cl. The van der Waals surface area contributed by atoms with Crippen molar-refractivity contribution in [1.82, 2.24) is 4.98 Å². The standard InChI is InChI=1S/C13H16N4.2ClH/c1-17(2)11-7-5-10(6-8-11)16-13-12(14)4-3-9-15-13;;/h3-9H,14H2,1-2H3,(H,15,16);2*1H. The third kappa shape index (κ3) is 4.50. The van der Waals surface area contributed by atoms with Crippen LogP contribution in [0, 0.1) is 0 Å². The molecule has 0 spiro atoms. The number of hydrogen-bond donors (Lipinski definition) is 2. The number of rotatable bonds is 3. The molecule has 1 heterocycles. The molecule has 0 amide bonds. The van der Waals surface area contributed by atoms with Gasteiger partial charge in [0, 0.05) is 31.7 Å². The van der Waals surface area contributed by atoms with Crippen molar-refractivity contribution < 1.29 is 0 Å². The molecular formula is C13H18Cl2N4. The van der Waals surface area contributed by atoms with Gasteiger partial charge in [-0.1, -0.05) is 0 Å². The van der Waals surface area contributed by atoms with E-state index in [1.54, 1.807) is 6.20 Å². The van der Waals surface area contributed by atoms with E-state index in [1.807, 2.05) is 50.5 Å². The average Bonchev–Trinajstić information content (AvgIpc) is 2.33. The lowest BCUT2D eigenvalue weighted by atomic mass is 10.2. The Hall–Kier alpha value is -1.65. The van der Waals surface area contributed by atoms with Gasteiger partial charge in [-0.3, -0.25) is 0 Å². The fraction of sp³-hybridized carbons (Fsp3) is 0.154. The Bertz CT molecular complexity index is 500. The van der Waals surface area contributed by atoms with Crippen molar-refractivity contribution in [3.8, 4) is 0 Å². The minimum atomic E-state index is 0. The van der Waals surface area contributed by atoms with Gasteiger partial charge >= 0.3 is 0 Å². The van der Waals surface area contributed by atoms with Gasteiger partial charge in [0.25, 0.3) is 0 Å². The third-order valence-corrected chi connectivity index (χ3v) is 2.49. The molecule has 0 radical (unpaired) electrons. The summed E-state index contributed by atoms with van der Waals surface area (Å²) in [5.74, 6) is 0.685. The van der Waals surface area contributed by atoms with E-state index in [1.165, 1.54) is 0 Å². The van der Waals surface area contributed by atoms with Gasteiger partial charge in [-0.15, -0.1) is 24.8 Å². The average molecular weight is 301 g/mol. The minimum Gasteiger partial charge on any atom is -0.396 e. The molecule has 3 N–H and O–H groups in total. The van der Waals surface area contributed by atoms with Gasteiger partial charge in [0.2, 0.25) is 0 Å². The Kier molecular flexibility index (Phi) is 7.04. The van der Waals surface area contributed by atoms with Crippen LogP contribution in [0.25, 0.3) is 0 Å². The summed E-state index contributed by atoms with van der Waals surface area (Å²) >= 11 is 0. The summed E-state index contributed by atoms with van der Waals surface area (Å²) in [6, 6.07) is 11.7. The maximum absolute atomic E-state index is 5.81. The Morgan fingerprint density at radius 1 is 1.05 bits per heavy atom. The van der Waals surface area contributed by atoms with Crippen LogP contribution < -0.4 is 16.0 Å². The zero-order chi connectivity index (χ0) is 12.3. The van der Waals surface area contributed by atoms with E-state index >= 15 is 0 Å². The Morgan fingerprint density at radius 3 is 2.21 bits per heavy atom. The number of pyridine rings is 1. The van der Waals surface area contributed by atoms with Crippen molar-refractivity contribution in [3.05, 3.63) is 42.6 Å². The van der Waals surface area contributed by atoms with Gasteiger partial charge in [0.1, 0.15) is 0 Å². The fourth-order valence-electron chi connectivity index (χ4n) is 1.50. The molecule has 1 aromatic carbocycles. The molecule has 0 aliphatic rings. The van der Waals surface area contributed by atoms with Crippen LogP contribution in [-0.2, 0) is 0 Å². The number of aromatic nitrogens is 1. The van der Waals surface area contributed by atoms with Crippen molar-refractivity contribution in [1.29, 1.82) is 0 Å². The molecule has 2 rings (SSSR count). The van der Waals surface area contributed by atoms with Gasteiger partial charge < -0.3 is 16.0 Å². The van der Waals surface area contributed by atoms with Gasteiger partial charge in [-0.05, 0) is 36.4 Å². The lowest BCUT2D eigenvalue weighted by Gasteiger charge is -2.13. The Labute approximate surface area is 125 Å². The van der Waals surface area contributed by atoms with Crippen LogP contribution >= 0.6 is 24.8 Å². The van der Waals surface area contributed by atoms with Crippen molar-refractivity contribution in [3.63, 3.8) is 0 Å². The van der Waals surface area contributed by atoms with E-state index in [0.717, 1.165) is 11.4 Å². The zero-order valence-corrected chi connectivity index (χ0v) is 12.5. The maximum Gasteiger partial charge on any atom is 0.153 e. The number of halogens is 2. The molecule has 0 fully saturated rings. The predicted octanol–water partition coefficient (Wildman–Crippen LogP) is 3.32. The number of nitrogens with zero attached hydrogens (tertiary/aromatic N) is 2. The van der Waals surface area contributed by atoms with Gasteiger partial charge in [-0.2, -0.15) is 0 Å². The second-order valence-corrected chi connectivity index (χ2v) is 4.01. The summed E-state index contributed by atoms with van der Waals surface area (Å²) in [6.07, 6.45) is 1.72. The van der Waals surface area contributed by atoms with Crippen LogP contribution in [0.15, 0.2) is 42.6 Å². The van der Waals surface area contributed by atoms with Crippen LogP contribution in [0.5, 0.6) is 0 Å². The van der Waals surface area contributed by atoms with Gasteiger partial charge in [0.05, 0.1) is 5.69 Å². The first-order valence-electron chi connectivity index (χ1n) is 5.42. The molecule has 0 aliphatic carbocycles. The molecule has 0 unspecified atom stereocenters. The van der Waals surface area contributed by atoms with Crippen molar-refractivity contribution in [2.45, 2.75) is 0 Å². The smallest absolute Gasteiger partial charge is 0.153 e. The molecule has 4 nitrogen and oxygen atoms in total. The highest BCUT2D eigenvalue weighted by Crippen LogP contribution is 2.21. The second kappa shape index (κ2) is 7.71. The molecule has 6 heteroatoms. The molecule has 0 bridgehead atoms.